The van der Waals surface area contributed by atoms with Crippen molar-refractivity contribution in [2.45, 2.75) is 0 Å². The van der Waals surface area contributed by atoms with Crippen molar-refractivity contribution < 1.29 is 0 Å². The monoisotopic (exact) mass is 299 g/mol. The van der Waals surface area contributed by atoms with Crippen LogP contribution in [0.3, 0.4) is 0 Å². The fourth-order valence-corrected chi connectivity index (χ4v) is 2.70. The maximum absolute atomic E-state index is 10.9. The molecule has 0 fully saturated rings. The third-order valence-electron chi connectivity index (χ3n) is 3.83. The Morgan fingerprint density at radius 3 is 2.43 bits per heavy atom. The molecule has 0 saturated carbocycles. The second kappa shape index (κ2) is 5.50. The molecule has 0 spiro atoms. The summed E-state index contributed by atoms with van der Waals surface area (Å²) in [6, 6.07) is 21.9. The number of aromatic nitrogens is 2. The standard InChI is InChI=1S/C19H13N3O/c23-21-17-10-5-11-22-13-18(20-19(17)22)16-9-4-8-15(12-16)14-6-2-1-3-7-14/h1-13H. The summed E-state index contributed by atoms with van der Waals surface area (Å²) in [5.41, 5.74) is 5.04. The third kappa shape index (κ3) is 2.40. The van der Waals surface area contributed by atoms with Gasteiger partial charge >= 0.3 is 0 Å². The van der Waals surface area contributed by atoms with Crippen LogP contribution in [0.2, 0.25) is 0 Å². The fourth-order valence-electron chi connectivity index (χ4n) is 2.70. The van der Waals surface area contributed by atoms with E-state index < -0.39 is 0 Å². The van der Waals surface area contributed by atoms with E-state index >= 15 is 0 Å². The molecule has 2 heterocycles. The highest BCUT2D eigenvalue weighted by Gasteiger charge is 2.09. The Kier molecular flexibility index (Phi) is 3.20. The predicted molar refractivity (Wildman–Crippen MR) is 91.5 cm³/mol. The van der Waals surface area contributed by atoms with E-state index in [1.54, 1.807) is 12.1 Å². The second-order valence-corrected chi connectivity index (χ2v) is 5.29. The number of pyridine rings is 1. The molecule has 4 rings (SSSR count). The van der Waals surface area contributed by atoms with Crippen molar-refractivity contribution in [3.8, 4) is 22.4 Å². The predicted octanol–water partition coefficient (Wildman–Crippen LogP) is 5.07. The fraction of sp³-hybridized carbons (Fsp3) is 0. The highest BCUT2D eigenvalue weighted by molar-refractivity contribution is 5.74. The lowest BCUT2D eigenvalue weighted by molar-refractivity contribution is 1.18. The Hall–Kier alpha value is -3.27. The summed E-state index contributed by atoms with van der Waals surface area (Å²) in [5.74, 6) is 0. The summed E-state index contributed by atoms with van der Waals surface area (Å²) in [6.07, 6.45) is 3.77. The van der Waals surface area contributed by atoms with Gasteiger partial charge in [0.25, 0.3) is 0 Å². The van der Waals surface area contributed by atoms with E-state index in [-0.39, 0.29) is 0 Å². The van der Waals surface area contributed by atoms with E-state index in [2.05, 4.69) is 34.4 Å². The number of imidazole rings is 1. The first-order valence-corrected chi connectivity index (χ1v) is 7.32. The molecule has 4 aromatic rings. The van der Waals surface area contributed by atoms with Crippen LogP contribution in [0, 0.1) is 4.91 Å². The number of hydrogen-bond acceptors (Lipinski definition) is 3. The lowest BCUT2D eigenvalue weighted by Crippen LogP contribution is -1.81. The van der Waals surface area contributed by atoms with Crippen LogP contribution < -0.4 is 0 Å². The van der Waals surface area contributed by atoms with Crippen molar-refractivity contribution in [2.24, 2.45) is 5.18 Å². The molecule has 0 atom stereocenters. The third-order valence-corrected chi connectivity index (χ3v) is 3.83. The zero-order valence-electron chi connectivity index (χ0n) is 12.3. The summed E-state index contributed by atoms with van der Waals surface area (Å²) in [5, 5.41) is 3.04. The smallest absolute Gasteiger partial charge is 0.167 e. The highest BCUT2D eigenvalue weighted by Crippen LogP contribution is 2.28. The Balaban J connectivity index is 1.84. The van der Waals surface area contributed by atoms with Crippen molar-refractivity contribution >= 4 is 11.3 Å². The molecule has 4 nitrogen and oxygen atoms in total. The Morgan fingerprint density at radius 2 is 1.61 bits per heavy atom. The summed E-state index contributed by atoms with van der Waals surface area (Å²) < 4.78 is 1.82. The lowest BCUT2D eigenvalue weighted by atomic mass is 10.0. The molecule has 0 aliphatic carbocycles. The van der Waals surface area contributed by atoms with Gasteiger partial charge in [-0.15, -0.1) is 4.91 Å². The number of nitroso groups, excluding NO2 is 1. The molecule has 0 N–H and O–H groups in total. The molecule has 0 bridgehead atoms. The van der Waals surface area contributed by atoms with Gasteiger partial charge in [-0.25, -0.2) is 4.98 Å². The number of rotatable bonds is 3. The van der Waals surface area contributed by atoms with Gasteiger partial charge in [-0.2, -0.15) is 0 Å². The van der Waals surface area contributed by atoms with Crippen molar-refractivity contribution in [3.05, 3.63) is 84.0 Å². The number of hydrogen-bond donors (Lipinski definition) is 0. The Bertz CT molecular complexity index is 990. The van der Waals surface area contributed by atoms with Gasteiger partial charge < -0.3 is 4.40 Å². The number of benzene rings is 2. The Morgan fingerprint density at radius 1 is 0.826 bits per heavy atom. The first-order chi connectivity index (χ1) is 11.3. The lowest BCUT2D eigenvalue weighted by Gasteiger charge is -2.03. The Labute approximate surface area is 133 Å². The summed E-state index contributed by atoms with van der Waals surface area (Å²) >= 11 is 0. The van der Waals surface area contributed by atoms with Gasteiger partial charge in [0.15, 0.2) is 11.3 Å². The molecule has 4 heteroatoms. The number of nitrogens with zero attached hydrogens (tertiary/aromatic N) is 3. The SMILES string of the molecule is O=Nc1cccn2cc(-c3cccc(-c4ccccc4)c3)nc12. The van der Waals surface area contributed by atoms with Crippen LogP contribution >= 0.6 is 0 Å². The minimum absolute atomic E-state index is 0.345. The summed E-state index contributed by atoms with van der Waals surface area (Å²) in [6.45, 7) is 0. The molecule has 0 aliphatic rings. The van der Waals surface area contributed by atoms with Crippen molar-refractivity contribution in [1.29, 1.82) is 0 Å². The number of fused-ring (bicyclic) bond motifs is 1. The van der Waals surface area contributed by atoms with Gasteiger partial charge in [0.2, 0.25) is 0 Å². The molecule has 0 radical (unpaired) electrons. The van der Waals surface area contributed by atoms with Gasteiger partial charge in [0.1, 0.15) is 0 Å². The summed E-state index contributed by atoms with van der Waals surface area (Å²) in [7, 11) is 0. The van der Waals surface area contributed by atoms with Gasteiger partial charge in [-0.3, -0.25) is 0 Å². The minimum Gasteiger partial charge on any atom is -0.305 e. The first-order valence-electron chi connectivity index (χ1n) is 7.32. The van der Waals surface area contributed by atoms with Crippen molar-refractivity contribution in [3.63, 3.8) is 0 Å². The minimum atomic E-state index is 0.345. The maximum Gasteiger partial charge on any atom is 0.167 e. The van der Waals surface area contributed by atoms with E-state index in [4.69, 9.17) is 0 Å². The molecular weight excluding hydrogens is 286 g/mol. The second-order valence-electron chi connectivity index (χ2n) is 5.29. The zero-order chi connectivity index (χ0) is 15.6. The normalized spacial score (nSPS) is 10.8. The van der Waals surface area contributed by atoms with E-state index in [0.29, 0.717) is 11.3 Å². The maximum atomic E-state index is 10.9. The van der Waals surface area contributed by atoms with Crippen LogP contribution in [-0.2, 0) is 0 Å². The molecule has 0 amide bonds. The highest BCUT2D eigenvalue weighted by atomic mass is 16.3. The molecule has 23 heavy (non-hydrogen) atoms. The molecule has 0 unspecified atom stereocenters. The summed E-state index contributed by atoms with van der Waals surface area (Å²) in [4.78, 5) is 15.5. The first kappa shape index (κ1) is 13.4. The quantitative estimate of drug-likeness (QED) is 0.496. The van der Waals surface area contributed by atoms with Gasteiger partial charge in [0, 0.05) is 18.0 Å². The van der Waals surface area contributed by atoms with E-state index in [0.717, 1.165) is 22.4 Å². The average Bonchev–Trinajstić information content (AvgIpc) is 3.07. The van der Waals surface area contributed by atoms with Crippen LogP contribution in [0.1, 0.15) is 0 Å². The topological polar surface area (TPSA) is 46.7 Å². The zero-order valence-corrected chi connectivity index (χ0v) is 12.3. The van der Waals surface area contributed by atoms with E-state index in [9.17, 15) is 4.91 Å². The van der Waals surface area contributed by atoms with Crippen LogP contribution in [-0.4, -0.2) is 9.38 Å². The molecule has 0 saturated heterocycles. The largest absolute Gasteiger partial charge is 0.305 e. The van der Waals surface area contributed by atoms with Crippen molar-refractivity contribution in [2.75, 3.05) is 0 Å². The van der Waals surface area contributed by atoms with Gasteiger partial charge in [0.05, 0.1) is 5.69 Å². The molecule has 2 aromatic heterocycles. The van der Waals surface area contributed by atoms with Crippen molar-refractivity contribution in [1.82, 2.24) is 9.38 Å². The van der Waals surface area contributed by atoms with Crippen LogP contribution in [0.25, 0.3) is 28.0 Å². The van der Waals surface area contributed by atoms with Crippen LogP contribution in [0.15, 0.2) is 84.3 Å². The molecule has 2 aromatic carbocycles. The van der Waals surface area contributed by atoms with Gasteiger partial charge in [-0.05, 0) is 34.5 Å². The molecular formula is C19H13N3O. The van der Waals surface area contributed by atoms with Crippen LogP contribution in [0.4, 0.5) is 5.69 Å². The molecule has 110 valence electrons. The van der Waals surface area contributed by atoms with E-state index in [1.807, 2.05) is 47.1 Å². The molecule has 0 aliphatic heterocycles. The van der Waals surface area contributed by atoms with Crippen LogP contribution in [0.5, 0.6) is 0 Å². The van der Waals surface area contributed by atoms with Gasteiger partial charge in [-0.1, -0.05) is 48.5 Å². The average molecular weight is 299 g/mol. The van der Waals surface area contributed by atoms with E-state index in [1.165, 1.54) is 0 Å².